The number of nitrogens with zero attached hydrogens (tertiary/aromatic N) is 4. The number of hydrogen-bond donors (Lipinski definition) is 1. The van der Waals surface area contributed by atoms with Crippen LogP contribution in [0.2, 0.25) is 0 Å². The largest absolute Gasteiger partial charge is 0.481 e. The minimum atomic E-state index is 0.385. The first kappa shape index (κ1) is 12.3. The molecule has 0 amide bonds. The standard InChI is InChI=1S/C11H15N5O2/c1-7(2)5-12-11-15-10(16-18-11)8-4-9(17-3)14-6-13-8/h4,6-7H,5H2,1-3H3,(H,12,15,16). The van der Waals surface area contributed by atoms with Crippen LogP contribution >= 0.6 is 0 Å². The highest BCUT2D eigenvalue weighted by atomic mass is 16.5. The number of nitrogens with one attached hydrogen (secondary N) is 1. The van der Waals surface area contributed by atoms with Crippen LogP contribution < -0.4 is 10.1 Å². The Hall–Kier alpha value is -2.18. The van der Waals surface area contributed by atoms with Gasteiger partial charge in [0.1, 0.15) is 12.0 Å². The van der Waals surface area contributed by atoms with E-state index in [1.165, 1.54) is 13.4 Å². The molecule has 0 bridgehead atoms. The lowest BCUT2D eigenvalue weighted by atomic mass is 10.2. The summed E-state index contributed by atoms with van der Waals surface area (Å²) in [5.41, 5.74) is 0.559. The van der Waals surface area contributed by atoms with E-state index in [-0.39, 0.29) is 0 Å². The second-order valence-electron chi connectivity index (χ2n) is 4.14. The first-order chi connectivity index (χ1) is 8.69. The van der Waals surface area contributed by atoms with Gasteiger partial charge in [-0.2, -0.15) is 4.98 Å². The molecule has 2 rings (SSSR count). The van der Waals surface area contributed by atoms with Crippen molar-refractivity contribution in [1.82, 2.24) is 20.1 Å². The molecule has 0 aromatic carbocycles. The molecule has 0 aliphatic heterocycles. The fourth-order valence-corrected chi connectivity index (χ4v) is 1.26. The Kier molecular flexibility index (Phi) is 3.71. The van der Waals surface area contributed by atoms with Crippen molar-refractivity contribution in [2.45, 2.75) is 13.8 Å². The molecule has 0 aliphatic carbocycles. The lowest BCUT2D eigenvalue weighted by molar-refractivity contribution is 0.397. The molecule has 0 saturated carbocycles. The van der Waals surface area contributed by atoms with Gasteiger partial charge in [-0.05, 0) is 5.92 Å². The summed E-state index contributed by atoms with van der Waals surface area (Å²) >= 11 is 0. The minimum absolute atomic E-state index is 0.385. The molecule has 96 valence electrons. The predicted octanol–water partition coefficient (Wildman–Crippen LogP) is 1.60. The van der Waals surface area contributed by atoms with Crippen LogP contribution in [0.5, 0.6) is 5.88 Å². The van der Waals surface area contributed by atoms with Crippen LogP contribution in [0.1, 0.15) is 13.8 Å². The number of methoxy groups -OCH3 is 1. The second kappa shape index (κ2) is 5.44. The van der Waals surface area contributed by atoms with Crippen molar-refractivity contribution in [1.29, 1.82) is 0 Å². The SMILES string of the molecule is COc1cc(-c2noc(NCC(C)C)n2)ncn1. The van der Waals surface area contributed by atoms with Crippen molar-refractivity contribution in [3.63, 3.8) is 0 Å². The van der Waals surface area contributed by atoms with Gasteiger partial charge in [0.15, 0.2) is 0 Å². The summed E-state index contributed by atoms with van der Waals surface area (Å²) in [5, 5.41) is 6.89. The average Bonchev–Trinajstić information content (AvgIpc) is 2.85. The van der Waals surface area contributed by atoms with E-state index in [2.05, 4.69) is 39.3 Å². The first-order valence-corrected chi connectivity index (χ1v) is 5.63. The smallest absolute Gasteiger partial charge is 0.321 e. The molecule has 18 heavy (non-hydrogen) atoms. The lowest BCUT2D eigenvalue weighted by Crippen LogP contribution is -2.07. The molecule has 0 aliphatic rings. The van der Waals surface area contributed by atoms with E-state index in [9.17, 15) is 0 Å². The zero-order valence-electron chi connectivity index (χ0n) is 10.5. The van der Waals surface area contributed by atoms with Crippen molar-refractivity contribution in [3.8, 4) is 17.4 Å². The van der Waals surface area contributed by atoms with Crippen LogP contribution in [0.3, 0.4) is 0 Å². The topological polar surface area (TPSA) is 86.0 Å². The maximum Gasteiger partial charge on any atom is 0.321 e. The van der Waals surface area contributed by atoms with E-state index in [1.807, 2.05) is 0 Å². The number of ether oxygens (including phenoxy) is 1. The number of aromatic nitrogens is 4. The second-order valence-corrected chi connectivity index (χ2v) is 4.14. The number of hydrogen-bond acceptors (Lipinski definition) is 7. The number of rotatable bonds is 5. The van der Waals surface area contributed by atoms with Crippen molar-refractivity contribution >= 4 is 6.01 Å². The predicted molar refractivity (Wildman–Crippen MR) is 65.2 cm³/mol. The molecule has 0 unspecified atom stereocenters. The van der Waals surface area contributed by atoms with Gasteiger partial charge in [0, 0.05) is 12.6 Å². The summed E-state index contributed by atoms with van der Waals surface area (Å²) in [6.45, 7) is 4.97. The summed E-state index contributed by atoms with van der Waals surface area (Å²) in [6, 6.07) is 2.04. The Morgan fingerprint density at radius 2 is 2.22 bits per heavy atom. The van der Waals surface area contributed by atoms with Gasteiger partial charge in [-0.15, -0.1) is 0 Å². The van der Waals surface area contributed by atoms with E-state index in [4.69, 9.17) is 9.26 Å². The lowest BCUT2D eigenvalue weighted by Gasteiger charge is -2.02. The maximum atomic E-state index is 5.07. The van der Waals surface area contributed by atoms with E-state index in [0.29, 0.717) is 29.3 Å². The summed E-state index contributed by atoms with van der Waals surface area (Å²) in [6.07, 6.45) is 1.39. The molecule has 2 aromatic heterocycles. The van der Waals surface area contributed by atoms with Gasteiger partial charge in [0.25, 0.3) is 0 Å². The van der Waals surface area contributed by atoms with Crippen molar-refractivity contribution in [3.05, 3.63) is 12.4 Å². The van der Waals surface area contributed by atoms with Crippen LogP contribution in [0.4, 0.5) is 6.01 Å². The molecule has 2 aromatic rings. The molecule has 7 heteroatoms. The Morgan fingerprint density at radius 3 is 2.94 bits per heavy atom. The summed E-state index contributed by atoms with van der Waals surface area (Å²) in [4.78, 5) is 12.2. The molecular weight excluding hydrogens is 234 g/mol. The quantitative estimate of drug-likeness (QED) is 0.861. The first-order valence-electron chi connectivity index (χ1n) is 5.63. The molecule has 0 radical (unpaired) electrons. The average molecular weight is 249 g/mol. The maximum absolute atomic E-state index is 5.07. The third kappa shape index (κ3) is 2.93. The van der Waals surface area contributed by atoms with Crippen molar-refractivity contribution < 1.29 is 9.26 Å². The van der Waals surface area contributed by atoms with Crippen LogP contribution in [-0.2, 0) is 0 Å². The van der Waals surface area contributed by atoms with E-state index in [0.717, 1.165) is 6.54 Å². The van der Waals surface area contributed by atoms with Gasteiger partial charge in [-0.1, -0.05) is 19.0 Å². The van der Waals surface area contributed by atoms with Crippen molar-refractivity contribution in [2.75, 3.05) is 19.0 Å². The number of anilines is 1. The fourth-order valence-electron chi connectivity index (χ4n) is 1.26. The van der Waals surface area contributed by atoms with E-state index < -0.39 is 0 Å². The molecule has 0 saturated heterocycles. The van der Waals surface area contributed by atoms with Gasteiger partial charge >= 0.3 is 6.01 Å². The van der Waals surface area contributed by atoms with Gasteiger partial charge in [0.05, 0.1) is 7.11 Å². The Balaban J connectivity index is 2.13. The summed E-state index contributed by atoms with van der Waals surface area (Å²) in [5.74, 6) is 1.36. The molecule has 1 N–H and O–H groups in total. The van der Waals surface area contributed by atoms with Crippen LogP contribution in [-0.4, -0.2) is 33.8 Å². The molecule has 2 heterocycles. The summed E-state index contributed by atoms with van der Waals surface area (Å²) in [7, 11) is 1.54. The van der Waals surface area contributed by atoms with Crippen LogP contribution in [0.25, 0.3) is 11.5 Å². The molecule has 0 atom stereocenters. The normalized spacial score (nSPS) is 10.7. The molecular formula is C11H15N5O2. The third-order valence-electron chi connectivity index (χ3n) is 2.17. The highest BCUT2D eigenvalue weighted by Crippen LogP contribution is 2.18. The zero-order valence-corrected chi connectivity index (χ0v) is 10.5. The van der Waals surface area contributed by atoms with E-state index in [1.54, 1.807) is 6.07 Å². The monoisotopic (exact) mass is 249 g/mol. The van der Waals surface area contributed by atoms with Gasteiger partial charge in [-0.3, -0.25) is 0 Å². The molecule has 0 spiro atoms. The summed E-state index contributed by atoms with van der Waals surface area (Å²) < 4.78 is 10.1. The van der Waals surface area contributed by atoms with Gasteiger partial charge in [-0.25, -0.2) is 9.97 Å². The van der Waals surface area contributed by atoms with E-state index >= 15 is 0 Å². The Bertz CT molecular complexity index is 512. The highest BCUT2D eigenvalue weighted by Gasteiger charge is 2.10. The molecule has 7 nitrogen and oxygen atoms in total. The van der Waals surface area contributed by atoms with Crippen LogP contribution in [0, 0.1) is 5.92 Å². The molecule has 0 fully saturated rings. The zero-order chi connectivity index (χ0) is 13.0. The van der Waals surface area contributed by atoms with Crippen molar-refractivity contribution in [2.24, 2.45) is 5.92 Å². The minimum Gasteiger partial charge on any atom is -0.481 e. The van der Waals surface area contributed by atoms with Crippen LogP contribution in [0.15, 0.2) is 16.9 Å². The van der Waals surface area contributed by atoms with Gasteiger partial charge in [0.2, 0.25) is 11.7 Å². The Labute approximate surface area is 105 Å². The Morgan fingerprint density at radius 1 is 1.39 bits per heavy atom. The third-order valence-corrected chi connectivity index (χ3v) is 2.17. The fraction of sp³-hybridized carbons (Fsp3) is 0.455. The van der Waals surface area contributed by atoms with Gasteiger partial charge < -0.3 is 14.6 Å². The highest BCUT2D eigenvalue weighted by molar-refractivity contribution is 5.50.